The molecule has 0 amide bonds. The Morgan fingerprint density at radius 2 is 2.30 bits per heavy atom. The summed E-state index contributed by atoms with van der Waals surface area (Å²) in [4.78, 5) is 17.9. The Hall–Kier alpha value is -1.08. The first-order chi connectivity index (χ1) is 9.44. The van der Waals surface area contributed by atoms with Gasteiger partial charge in [-0.1, -0.05) is 0 Å². The molecule has 1 atom stereocenters. The smallest absolute Gasteiger partial charge is 0.308 e. The number of aliphatic carboxylic acids is 1. The zero-order valence-electron chi connectivity index (χ0n) is 10.9. The molecule has 110 valence electrons. The number of thiazole rings is 1. The van der Waals surface area contributed by atoms with Crippen molar-refractivity contribution in [2.75, 3.05) is 13.1 Å². The fourth-order valence-electron chi connectivity index (χ4n) is 2.77. The third-order valence-corrected chi connectivity index (χ3v) is 4.67. The fourth-order valence-corrected chi connectivity index (χ4v) is 3.66. The standard InChI is InChI=1S/C13H16F2N2O2S/c14-13(15)3-9(12(18)19)4-17(6-13)5-10-11(8-1-2-8)16-7-20-10/h7-9H,1-6H2,(H,18,19). The summed E-state index contributed by atoms with van der Waals surface area (Å²) in [5.74, 6) is -4.57. The minimum absolute atomic E-state index is 0.187. The number of rotatable bonds is 4. The number of aromatic nitrogens is 1. The predicted molar refractivity (Wildman–Crippen MR) is 70.1 cm³/mol. The molecule has 2 aliphatic rings. The molecule has 1 unspecified atom stereocenters. The number of carbonyl (C=O) groups is 1. The quantitative estimate of drug-likeness (QED) is 0.929. The molecule has 1 N–H and O–H groups in total. The number of halogens is 2. The Kier molecular flexibility index (Phi) is 3.50. The normalized spacial score (nSPS) is 26.6. The van der Waals surface area contributed by atoms with Crippen LogP contribution in [0, 0.1) is 5.92 Å². The van der Waals surface area contributed by atoms with Crippen molar-refractivity contribution in [2.24, 2.45) is 5.92 Å². The first kappa shape index (κ1) is 13.9. The highest BCUT2D eigenvalue weighted by Gasteiger charge is 2.43. The zero-order valence-corrected chi connectivity index (χ0v) is 11.7. The lowest BCUT2D eigenvalue weighted by Gasteiger charge is -2.35. The zero-order chi connectivity index (χ0) is 14.3. The van der Waals surface area contributed by atoms with Gasteiger partial charge >= 0.3 is 5.97 Å². The number of hydrogen-bond acceptors (Lipinski definition) is 4. The maximum Gasteiger partial charge on any atom is 0.308 e. The van der Waals surface area contributed by atoms with Crippen molar-refractivity contribution in [3.05, 3.63) is 16.1 Å². The van der Waals surface area contributed by atoms with Crippen LogP contribution in [-0.4, -0.2) is 40.0 Å². The number of carboxylic acids is 1. The van der Waals surface area contributed by atoms with Crippen LogP contribution in [0.15, 0.2) is 5.51 Å². The van der Waals surface area contributed by atoms with E-state index >= 15 is 0 Å². The Balaban J connectivity index is 1.72. The van der Waals surface area contributed by atoms with E-state index in [4.69, 9.17) is 5.11 Å². The molecule has 0 spiro atoms. The van der Waals surface area contributed by atoms with Crippen LogP contribution in [0.25, 0.3) is 0 Å². The molecular weight excluding hydrogens is 286 g/mol. The van der Waals surface area contributed by atoms with E-state index in [0.717, 1.165) is 23.4 Å². The van der Waals surface area contributed by atoms with Crippen molar-refractivity contribution >= 4 is 17.3 Å². The van der Waals surface area contributed by atoms with Crippen LogP contribution in [0.1, 0.15) is 35.8 Å². The topological polar surface area (TPSA) is 53.4 Å². The second kappa shape index (κ2) is 5.04. The monoisotopic (exact) mass is 302 g/mol. The van der Waals surface area contributed by atoms with Gasteiger partial charge in [0.05, 0.1) is 23.7 Å². The number of likely N-dealkylation sites (tertiary alicyclic amines) is 1. The lowest BCUT2D eigenvalue weighted by Crippen LogP contribution is -2.48. The van der Waals surface area contributed by atoms with E-state index in [1.807, 2.05) is 0 Å². The van der Waals surface area contributed by atoms with E-state index in [-0.39, 0.29) is 13.1 Å². The van der Waals surface area contributed by atoms with Crippen LogP contribution in [0.3, 0.4) is 0 Å². The lowest BCUT2D eigenvalue weighted by atomic mass is 9.95. The average molecular weight is 302 g/mol. The summed E-state index contributed by atoms with van der Waals surface area (Å²) >= 11 is 1.48. The SMILES string of the molecule is O=C(O)C1CN(Cc2scnc2C2CC2)CC(F)(F)C1. The molecule has 2 heterocycles. The average Bonchev–Trinajstić information content (AvgIpc) is 3.08. The number of piperidine rings is 1. The molecule has 20 heavy (non-hydrogen) atoms. The number of nitrogens with zero attached hydrogens (tertiary/aromatic N) is 2. The van der Waals surface area contributed by atoms with Crippen molar-refractivity contribution < 1.29 is 18.7 Å². The van der Waals surface area contributed by atoms with E-state index < -0.39 is 24.2 Å². The van der Waals surface area contributed by atoms with Crippen molar-refractivity contribution in [2.45, 2.75) is 37.6 Å². The maximum absolute atomic E-state index is 13.6. The highest BCUT2D eigenvalue weighted by molar-refractivity contribution is 7.09. The van der Waals surface area contributed by atoms with Crippen molar-refractivity contribution in [3.8, 4) is 0 Å². The van der Waals surface area contributed by atoms with Gasteiger partial charge in [0.25, 0.3) is 5.92 Å². The van der Waals surface area contributed by atoms with Gasteiger partial charge < -0.3 is 5.11 Å². The van der Waals surface area contributed by atoms with Crippen LogP contribution < -0.4 is 0 Å². The molecule has 7 heteroatoms. The molecule has 1 aromatic heterocycles. The minimum Gasteiger partial charge on any atom is -0.481 e. The summed E-state index contributed by atoms with van der Waals surface area (Å²) in [5, 5.41) is 9.00. The molecule has 1 saturated carbocycles. The Morgan fingerprint density at radius 1 is 1.55 bits per heavy atom. The minimum atomic E-state index is -2.92. The summed E-state index contributed by atoms with van der Waals surface area (Å²) in [6, 6.07) is 0. The Bertz CT molecular complexity index is 516. The van der Waals surface area contributed by atoms with Gasteiger partial charge in [-0.2, -0.15) is 0 Å². The predicted octanol–water partition coefficient (Wildman–Crippen LogP) is 2.56. The second-order valence-electron chi connectivity index (χ2n) is 5.70. The highest BCUT2D eigenvalue weighted by atomic mass is 32.1. The summed E-state index contributed by atoms with van der Waals surface area (Å²) in [6.45, 7) is 0.210. The van der Waals surface area contributed by atoms with Gasteiger partial charge in [-0.25, -0.2) is 13.8 Å². The van der Waals surface area contributed by atoms with Crippen LogP contribution in [0.5, 0.6) is 0 Å². The Morgan fingerprint density at radius 3 is 2.95 bits per heavy atom. The third kappa shape index (κ3) is 2.98. The van der Waals surface area contributed by atoms with Gasteiger partial charge in [0, 0.05) is 30.3 Å². The molecule has 1 aromatic rings. The van der Waals surface area contributed by atoms with E-state index in [0.29, 0.717) is 12.5 Å². The van der Waals surface area contributed by atoms with Gasteiger partial charge in [-0.15, -0.1) is 11.3 Å². The molecule has 1 saturated heterocycles. The second-order valence-corrected chi connectivity index (χ2v) is 6.64. The summed E-state index contributed by atoms with van der Waals surface area (Å²) < 4.78 is 27.3. The van der Waals surface area contributed by atoms with Crippen LogP contribution in [-0.2, 0) is 11.3 Å². The first-order valence-corrected chi connectivity index (χ1v) is 7.58. The molecule has 3 rings (SSSR count). The summed E-state index contributed by atoms with van der Waals surface area (Å²) in [7, 11) is 0. The van der Waals surface area contributed by atoms with Crippen LogP contribution in [0.4, 0.5) is 8.78 Å². The number of carboxylic acid groups (broad SMARTS) is 1. The van der Waals surface area contributed by atoms with Crippen molar-refractivity contribution in [1.82, 2.24) is 9.88 Å². The summed E-state index contributed by atoms with van der Waals surface area (Å²) in [6.07, 6.45) is 1.67. The van der Waals surface area contributed by atoms with Crippen molar-refractivity contribution in [3.63, 3.8) is 0 Å². The molecule has 0 radical (unpaired) electrons. The van der Waals surface area contributed by atoms with E-state index in [9.17, 15) is 13.6 Å². The van der Waals surface area contributed by atoms with E-state index in [1.165, 1.54) is 11.3 Å². The van der Waals surface area contributed by atoms with Crippen LogP contribution >= 0.6 is 11.3 Å². The molecule has 1 aliphatic carbocycles. The van der Waals surface area contributed by atoms with Gasteiger partial charge in [0.15, 0.2) is 0 Å². The Labute approximate surface area is 119 Å². The lowest BCUT2D eigenvalue weighted by molar-refractivity contribution is -0.153. The van der Waals surface area contributed by atoms with Gasteiger partial charge in [0.1, 0.15) is 0 Å². The van der Waals surface area contributed by atoms with E-state index in [2.05, 4.69) is 4.98 Å². The molecule has 1 aliphatic heterocycles. The molecule has 0 bridgehead atoms. The van der Waals surface area contributed by atoms with Gasteiger partial charge in [-0.05, 0) is 12.8 Å². The van der Waals surface area contributed by atoms with Gasteiger partial charge in [0.2, 0.25) is 0 Å². The molecular formula is C13H16F2N2O2S. The molecule has 2 fully saturated rings. The van der Waals surface area contributed by atoms with Crippen molar-refractivity contribution in [1.29, 1.82) is 0 Å². The number of alkyl halides is 2. The molecule has 4 nitrogen and oxygen atoms in total. The molecule has 0 aromatic carbocycles. The first-order valence-electron chi connectivity index (χ1n) is 6.70. The van der Waals surface area contributed by atoms with Crippen LogP contribution in [0.2, 0.25) is 0 Å². The highest BCUT2D eigenvalue weighted by Crippen LogP contribution is 2.42. The fraction of sp³-hybridized carbons (Fsp3) is 0.692. The number of hydrogen-bond donors (Lipinski definition) is 1. The van der Waals surface area contributed by atoms with E-state index in [1.54, 1.807) is 10.4 Å². The summed E-state index contributed by atoms with van der Waals surface area (Å²) in [5.41, 5.74) is 2.77. The third-order valence-electron chi connectivity index (χ3n) is 3.83. The van der Waals surface area contributed by atoms with Gasteiger partial charge in [-0.3, -0.25) is 9.69 Å². The maximum atomic E-state index is 13.6. The largest absolute Gasteiger partial charge is 0.481 e.